The van der Waals surface area contributed by atoms with Gasteiger partial charge in [0.05, 0.1) is 17.5 Å². The van der Waals surface area contributed by atoms with Crippen molar-refractivity contribution in [3.05, 3.63) is 23.1 Å². The van der Waals surface area contributed by atoms with Crippen molar-refractivity contribution in [2.45, 2.75) is 19.3 Å². The molecule has 0 spiro atoms. The van der Waals surface area contributed by atoms with Crippen molar-refractivity contribution >= 4 is 34.4 Å². The smallest absolute Gasteiger partial charge is 0.160 e. The Bertz CT molecular complexity index is 513. The van der Waals surface area contributed by atoms with Crippen LogP contribution in [0.1, 0.15) is 12.7 Å². The second kappa shape index (κ2) is 5.67. The number of alkyl halides is 1. The third-order valence-corrected chi connectivity index (χ3v) is 2.86. The lowest BCUT2D eigenvalue weighted by Gasteiger charge is -2.06. The van der Waals surface area contributed by atoms with Crippen molar-refractivity contribution in [3.63, 3.8) is 0 Å². The highest BCUT2D eigenvalue weighted by Crippen LogP contribution is 2.18. The van der Waals surface area contributed by atoms with Crippen LogP contribution in [0.25, 0.3) is 11.2 Å². The van der Waals surface area contributed by atoms with E-state index in [4.69, 9.17) is 27.9 Å². The van der Waals surface area contributed by atoms with Gasteiger partial charge in [-0.1, -0.05) is 11.6 Å². The van der Waals surface area contributed by atoms with Gasteiger partial charge in [-0.05, 0) is 13.0 Å². The summed E-state index contributed by atoms with van der Waals surface area (Å²) in [4.78, 5) is 8.68. The zero-order chi connectivity index (χ0) is 12.3. The summed E-state index contributed by atoms with van der Waals surface area (Å²) in [6.45, 7) is 3.98. The van der Waals surface area contributed by atoms with Crippen molar-refractivity contribution in [2.75, 3.05) is 13.2 Å². The van der Waals surface area contributed by atoms with Crippen LogP contribution in [0.15, 0.2) is 12.3 Å². The lowest BCUT2D eigenvalue weighted by atomic mass is 10.4. The molecule has 6 heteroatoms. The molecule has 0 bridgehead atoms. The first-order valence-corrected chi connectivity index (χ1v) is 6.32. The summed E-state index contributed by atoms with van der Waals surface area (Å²) in [5.41, 5.74) is 1.56. The molecule has 0 N–H and O–H groups in total. The molecule has 0 atom stereocenters. The predicted octanol–water partition coefficient (Wildman–Crippen LogP) is 2.86. The highest BCUT2D eigenvalue weighted by Gasteiger charge is 2.11. The topological polar surface area (TPSA) is 39.9 Å². The highest BCUT2D eigenvalue weighted by atomic mass is 35.5. The Balaban J connectivity index is 2.36. The maximum atomic E-state index is 5.88. The molecule has 0 unspecified atom stereocenters. The largest absolute Gasteiger partial charge is 0.380 e. The van der Waals surface area contributed by atoms with Crippen LogP contribution < -0.4 is 0 Å². The number of hydrogen-bond donors (Lipinski definition) is 0. The van der Waals surface area contributed by atoms with Gasteiger partial charge in [-0.3, -0.25) is 0 Å². The Morgan fingerprint density at radius 3 is 3.00 bits per heavy atom. The molecule has 2 aromatic rings. The van der Waals surface area contributed by atoms with E-state index < -0.39 is 0 Å². The molecule has 2 rings (SSSR count). The highest BCUT2D eigenvalue weighted by molar-refractivity contribution is 6.31. The lowest BCUT2D eigenvalue weighted by Crippen LogP contribution is -2.09. The van der Waals surface area contributed by atoms with Crippen molar-refractivity contribution in [3.8, 4) is 0 Å². The summed E-state index contributed by atoms with van der Waals surface area (Å²) in [7, 11) is 0. The Hall–Kier alpha value is -0.840. The predicted molar refractivity (Wildman–Crippen MR) is 68.6 cm³/mol. The Labute approximate surface area is 110 Å². The van der Waals surface area contributed by atoms with Crippen LogP contribution in [0, 0.1) is 0 Å². The lowest BCUT2D eigenvalue weighted by molar-refractivity contribution is 0.139. The van der Waals surface area contributed by atoms with Crippen molar-refractivity contribution in [1.82, 2.24) is 14.5 Å². The molecule has 0 aromatic carbocycles. The molecule has 0 amide bonds. The Morgan fingerprint density at radius 2 is 2.29 bits per heavy atom. The first-order valence-electron chi connectivity index (χ1n) is 5.40. The van der Waals surface area contributed by atoms with Gasteiger partial charge < -0.3 is 9.30 Å². The monoisotopic (exact) mass is 273 g/mol. The minimum atomic E-state index is 0.347. The molecule has 0 aliphatic rings. The van der Waals surface area contributed by atoms with E-state index in [1.165, 1.54) is 0 Å². The van der Waals surface area contributed by atoms with Gasteiger partial charge in [0.1, 0.15) is 11.3 Å². The molecule has 2 aromatic heterocycles. The summed E-state index contributed by atoms with van der Waals surface area (Å²) in [6.07, 6.45) is 1.61. The number of rotatable bonds is 5. The summed E-state index contributed by atoms with van der Waals surface area (Å²) in [5, 5.41) is 0.577. The van der Waals surface area contributed by atoms with Gasteiger partial charge in [0, 0.05) is 19.3 Å². The summed E-state index contributed by atoms with van der Waals surface area (Å²) in [6, 6.07) is 1.79. The summed E-state index contributed by atoms with van der Waals surface area (Å²) in [5.74, 6) is 1.14. The van der Waals surface area contributed by atoms with Crippen LogP contribution in [-0.2, 0) is 17.2 Å². The normalized spacial score (nSPS) is 11.2. The number of pyridine rings is 1. The number of aromatic nitrogens is 3. The average molecular weight is 274 g/mol. The van der Waals surface area contributed by atoms with Gasteiger partial charge in [0.15, 0.2) is 5.65 Å². The summed E-state index contributed by atoms with van der Waals surface area (Å²) < 4.78 is 7.30. The van der Waals surface area contributed by atoms with E-state index in [2.05, 4.69) is 9.97 Å². The maximum Gasteiger partial charge on any atom is 0.160 e. The third-order valence-electron chi connectivity index (χ3n) is 2.41. The molecule has 0 fully saturated rings. The van der Waals surface area contributed by atoms with Gasteiger partial charge >= 0.3 is 0 Å². The first kappa shape index (κ1) is 12.6. The van der Waals surface area contributed by atoms with Crippen LogP contribution in [-0.4, -0.2) is 27.7 Å². The van der Waals surface area contributed by atoms with Crippen LogP contribution in [0.4, 0.5) is 0 Å². The zero-order valence-electron chi connectivity index (χ0n) is 9.49. The van der Waals surface area contributed by atoms with Gasteiger partial charge in [0.25, 0.3) is 0 Å². The van der Waals surface area contributed by atoms with Gasteiger partial charge in [-0.2, -0.15) is 0 Å². The van der Waals surface area contributed by atoms with Crippen molar-refractivity contribution < 1.29 is 4.74 Å². The van der Waals surface area contributed by atoms with E-state index in [0.717, 1.165) is 17.0 Å². The van der Waals surface area contributed by atoms with E-state index in [9.17, 15) is 0 Å². The fraction of sp³-hybridized carbons (Fsp3) is 0.455. The molecule has 0 radical (unpaired) electrons. The van der Waals surface area contributed by atoms with Gasteiger partial charge in [0.2, 0.25) is 0 Å². The summed E-state index contributed by atoms with van der Waals surface area (Å²) >= 11 is 11.8. The minimum absolute atomic E-state index is 0.347. The number of hydrogen-bond acceptors (Lipinski definition) is 3. The van der Waals surface area contributed by atoms with Crippen LogP contribution in [0.2, 0.25) is 5.02 Å². The van der Waals surface area contributed by atoms with Crippen LogP contribution in [0.3, 0.4) is 0 Å². The molecule has 0 aliphatic heterocycles. The number of ether oxygens (including phenoxy) is 1. The van der Waals surface area contributed by atoms with E-state index in [1.807, 2.05) is 11.5 Å². The number of nitrogens with zero attached hydrogens (tertiary/aromatic N) is 3. The minimum Gasteiger partial charge on any atom is -0.380 e. The molecule has 2 heterocycles. The Morgan fingerprint density at radius 1 is 1.47 bits per heavy atom. The molecular formula is C11H13Cl2N3O. The zero-order valence-corrected chi connectivity index (χ0v) is 11.0. The van der Waals surface area contributed by atoms with E-state index in [-0.39, 0.29) is 0 Å². The number of halogens is 2. The number of fused-ring (bicyclic) bond motifs is 1. The fourth-order valence-electron chi connectivity index (χ4n) is 1.67. The standard InChI is InChI=1S/C11H13Cl2N3O/c1-2-17-4-3-16-10(6-12)15-9-5-8(13)7-14-11(9)16/h5,7H,2-4,6H2,1H3. The molecule has 0 saturated heterocycles. The van der Waals surface area contributed by atoms with Crippen molar-refractivity contribution in [1.29, 1.82) is 0 Å². The molecule has 4 nitrogen and oxygen atoms in total. The van der Waals surface area contributed by atoms with E-state index in [1.54, 1.807) is 12.3 Å². The van der Waals surface area contributed by atoms with E-state index >= 15 is 0 Å². The third kappa shape index (κ3) is 2.70. The maximum absolute atomic E-state index is 5.88. The van der Waals surface area contributed by atoms with Crippen LogP contribution >= 0.6 is 23.2 Å². The molecule has 0 aliphatic carbocycles. The Kier molecular flexibility index (Phi) is 4.20. The second-order valence-corrected chi connectivity index (χ2v) is 4.21. The van der Waals surface area contributed by atoms with Crippen LogP contribution in [0.5, 0.6) is 0 Å². The molecule has 92 valence electrons. The second-order valence-electron chi connectivity index (χ2n) is 3.51. The SMILES string of the molecule is CCOCCn1c(CCl)nc2cc(Cl)cnc21. The quantitative estimate of drug-likeness (QED) is 0.621. The first-order chi connectivity index (χ1) is 8.26. The fourth-order valence-corrected chi connectivity index (χ4v) is 2.03. The van der Waals surface area contributed by atoms with Gasteiger partial charge in [-0.15, -0.1) is 11.6 Å². The molecule has 0 saturated carbocycles. The molecule has 17 heavy (non-hydrogen) atoms. The van der Waals surface area contributed by atoms with E-state index in [0.29, 0.717) is 30.7 Å². The average Bonchev–Trinajstić information content (AvgIpc) is 2.67. The van der Waals surface area contributed by atoms with Crippen molar-refractivity contribution in [2.24, 2.45) is 0 Å². The van der Waals surface area contributed by atoms with Gasteiger partial charge in [-0.25, -0.2) is 9.97 Å². The molecular weight excluding hydrogens is 261 g/mol. The number of imidazole rings is 1.